The molecule has 0 aliphatic heterocycles. The Bertz CT molecular complexity index is 409. The molecule has 0 bridgehead atoms. The molecule has 0 aliphatic rings. The first-order chi connectivity index (χ1) is 5.81. The van der Waals surface area contributed by atoms with Gasteiger partial charge >= 0.3 is 0 Å². The third kappa shape index (κ3) is 0.947. The van der Waals surface area contributed by atoms with E-state index >= 15 is 0 Å². The first-order valence-corrected chi connectivity index (χ1v) is 3.56. The van der Waals surface area contributed by atoms with Crippen molar-refractivity contribution < 1.29 is 5.11 Å². The molecule has 1 N–H and O–H groups in total. The van der Waals surface area contributed by atoms with Gasteiger partial charge in [-0.1, -0.05) is 5.21 Å². The van der Waals surface area contributed by atoms with Crippen molar-refractivity contribution in [3.05, 3.63) is 17.8 Å². The normalized spacial score (nSPS) is 10.8. The molecule has 0 aromatic carbocycles. The number of nitrogens with zero attached hydrogens (tertiary/aromatic N) is 4. The van der Waals surface area contributed by atoms with Crippen LogP contribution in [0.25, 0.3) is 11.2 Å². The minimum atomic E-state index is -0.0144. The Morgan fingerprint density at radius 1 is 1.58 bits per heavy atom. The fourth-order valence-electron chi connectivity index (χ4n) is 1.05. The lowest BCUT2D eigenvalue weighted by atomic mass is 10.3. The molecular weight excluding hydrogens is 156 g/mol. The number of hydrogen-bond acceptors (Lipinski definition) is 4. The summed E-state index contributed by atoms with van der Waals surface area (Å²) in [7, 11) is 1.78. The molecule has 0 amide bonds. The molecule has 0 aliphatic carbocycles. The highest BCUT2D eigenvalue weighted by Crippen LogP contribution is 2.08. The largest absolute Gasteiger partial charge is 0.392 e. The number of aliphatic hydroxyl groups excluding tert-OH is 1. The van der Waals surface area contributed by atoms with Gasteiger partial charge in [-0.2, -0.15) is 0 Å². The van der Waals surface area contributed by atoms with Crippen LogP contribution in [-0.4, -0.2) is 25.1 Å². The maximum Gasteiger partial charge on any atom is 0.178 e. The van der Waals surface area contributed by atoms with E-state index < -0.39 is 0 Å². The quantitative estimate of drug-likeness (QED) is 0.637. The van der Waals surface area contributed by atoms with Crippen LogP contribution in [0.3, 0.4) is 0 Å². The van der Waals surface area contributed by atoms with Gasteiger partial charge in [-0.05, 0) is 11.6 Å². The van der Waals surface area contributed by atoms with Crippen LogP contribution in [-0.2, 0) is 13.7 Å². The van der Waals surface area contributed by atoms with Crippen LogP contribution in [0.4, 0.5) is 0 Å². The zero-order chi connectivity index (χ0) is 8.55. The molecule has 2 heterocycles. The van der Waals surface area contributed by atoms with Crippen molar-refractivity contribution in [2.75, 3.05) is 0 Å². The van der Waals surface area contributed by atoms with E-state index in [-0.39, 0.29) is 6.61 Å². The molecule has 5 heteroatoms. The van der Waals surface area contributed by atoms with Gasteiger partial charge in [0.1, 0.15) is 5.52 Å². The minimum Gasteiger partial charge on any atom is -0.392 e. The number of hydrogen-bond donors (Lipinski definition) is 1. The van der Waals surface area contributed by atoms with E-state index in [1.165, 1.54) is 0 Å². The van der Waals surface area contributed by atoms with Gasteiger partial charge in [0.15, 0.2) is 5.65 Å². The summed E-state index contributed by atoms with van der Waals surface area (Å²) in [6.07, 6.45) is 1.62. The highest BCUT2D eigenvalue weighted by molar-refractivity contribution is 5.69. The number of rotatable bonds is 1. The van der Waals surface area contributed by atoms with Crippen LogP contribution >= 0.6 is 0 Å². The van der Waals surface area contributed by atoms with Crippen LogP contribution in [0.15, 0.2) is 12.3 Å². The second-order valence-electron chi connectivity index (χ2n) is 2.56. The average molecular weight is 164 g/mol. The van der Waals surface area contributed by atoms with Crippen molar-refractivity contribution >= 4 is 11.2 Å². The minimum absolute atomic E-state index is 0.0144. The summed E-state index contributed by atoms with van der Waals surface area (Å²) in [4.78, 5) is 4.09. The summed E-state index contributed by atoms with van der Waals surface area (Å²) in [5, 5.41) is 16.5. The SMILES string of the molecule is Cn1nnc2cc(CO)cnc21. The second kappa shape index (κ2) is 2.53. The zero-order valence-corrected chi connectivity index (χ0v) is 6.60. The molecule has 2 rings (SSSR count). The molecule has 0 saturated carbocycles. The first-order valence-electron chi connectivity index (χ1n) is 3.56. The molecule has 0 saturated heterocycles. The molecule has 0 radical (unpaired) electrons. The van der Waals surface area contributed by atoms with Gasteiger partial charge in [0.2, 0.25) is 0 Å². The number of aryl methyl sites for hydroxylation is 1. The molecule has 0 unspecified atom stereocenters. The lowest BCUT2D eigenvalue weighted by molar-refractivity contribution is 0.281. The van der Waals surface area contributed by atoms with Crippen molar-refractivity contribution in [1.29, 1.82) is 0 Å². The summed E-state index contributed by atoms with van der Waals surface area (Å²) in [5.74, 6) is 0. The van der Waals surface area contributed by atoms with E-state index in [0.29, 0.717) is 5.52 Å². The van der Waals surface area contributed by atoms with Crippen molar-refractivity contribution in [3.8, 4) is 0 Å². The van der Waals surface area contributed by atoms with E-state index in [0.717, 1.165) is 11.2 Å². The zero-order valence-electron chi connectivity index (χ0n) is 6.60. The van der Waals surface area contributed by atoms with Crippen LogP contribution in [0.2, 0.25) is 0 Å². The van der Waals surface area contributed by atoms with Gasteiger partial charge in [-0.25, -0.2) is 9.67 Å². The summed E-state index contributed by atoms with van der Waals surface area (Å²) in [6.45, 7) is -0.0144. The molecule has 5 nitrogen and oxygen atoms in total. The highest BCUT2D eigenvalue weighted by Gasteiger charge is 2.02. The topological polar surface area (TPSA) is 63.8 Å². The average Bonchev–Trinajstić information content (AvgIpc) is 2.47. The molecule has 62 valence electrons. The van der Waals surface area contributed by atoms with Crippen LogP contribution in [0, 0.1) is 0 Å². The molecule has 12 heavy (non-hydrogen) atoms. The van der Waals surface area contributed by atoms with Crippen molar-refractivity contribution in [1.82, 2.24) is 20.0 Å². The van der Waals surface area contributed by atoms with Gasteiger partial charge in [-0.3, -0.25) is 0 Å². The molecule has 0 fully saturated rings. The smallest absolute Gasteiger partial charge is 0.178 e. The van der Waals surface area contributed by atoms with E-state index in [9.17, 15) is 0 Å². The number of aromatic nitrogens is 4. The Kier molecular flexibility index (Phi) is 1.51. The molecule has 0 atom stereocenters. The summed E-state index contributed by atoms with van der Waals surface area (Å²) in [6, 6.07) is 1.77. The Morgan fingerprint density at radius 3 is 3.17 bits per heavy atom. The van der Waals surface area contributed by atoms with E-state index in [1.807, 2.05) is 0 Å². The van der Waals surface area contributed by atoms with Crippen LogP contribution < -0.4 is 0 Å². The third-order valence-corrected chi connectivity index (χ3v) is 1.68. The monoisotopic (exact) mass is 164 g/mol. The van der Waals surface area contributed by atoms with Crippen molar-refractivity contribution in [3.63, 3.8) is 0 Å². The van der Waals surface area contributed by atoms with Crippen molar-refractivity contribution in [2.24, 2.45) is 7.05 Å². The molecule has 2 aromatic rings. The Labute approximate surface area is 68.7 Å². The molecule has 2 aromatic heterocycles. The Hall–Kier alpha value is -1.49. The highest BCUT2D eigenvalue weighted by atomic mass is 16.3. The Balaban J connectivity index is 2.69. The number of aliphatic hydroxyl groups is 1. The molecular formula is C7H8N4O. The van der Waals surface area contributed by atoms with Gasteiger partial charge in [0.05, 0.1) is 6.61 Å². The lowest BCUT2D eigenvalue weighted by Gasteiger charge is -1.93. The summed E-state index contributed by atoms with van der Waals surface area (Å²) < 4.78 is 1.59. The van der Waals surface area contributed by atoms with Crippen molar-refractivity contribution in [2.45, 2.75) is 6.61 Å². The Morgan fingerprint density at radius 2 is 2.42 bits per heavy atom. The molecule has 0 spiro atoms. The third-order valence-electron chi connectivity index (χ3n) is 1.68. The predicted octanol–water partition coefficient (Wildman–Crippen LogP) is -0.144. The maximum atomic E-state index is 8.81. The van der Waals surface area contributed by atoms with E-state index in [1.54, 1.807) is 24.0 Å². The lowest BCUT2D eigenvalue weighted by Crippen LogP contribution is -1.92. The first kappa shape index (κ1) is 7.17. The van der Waals surface area contributed by atoms with E-state index in [2.05, 4.69) is 15.3 Å². The number of fused-ring (bicyclic) bond motifs is 1. The second-order valence-corrected chi connectivity index (χ2v) is 2.56. The predicted molar refractivity (Wildman–Crippen MR) is 42.2 cm³/mol. The summed E-state index contributed by atoms with van der Waals surface area (Å²) in [5.41, 5.74) is 2.19. The van der Waals surface area contributed by atoms with Gasteiger partial charge in [-0.15, -0.1) is 5.10 Å². The van der Waals surface area contributed by atoms with Gasteiger partial charge in [0, 0.05) is 13.2 Å². The fourth-order valence-corrected chi connectivity index (χ4v) is 1.05. The maximum absolute atomic E-state index is 8.81. The van der Waals surface area contributed by atoms with Crippen LogP contribution in [0.5, 0.6) is 0 Å². The van der Waals surface area contributed by atoms with E-state index in [4.69, 9.17) is 5.11 Å². The fraction of sp³-hybridized carbons (Fsp3) is 0.286. The van der Waals surface area contributed by atoms with Crippen LogP contribution in [0.1, 0.15) is 5.56 Å². The van der Waals surface area contributed by atoms with Gasteiger partial charge < -0.3 is 5.11 Å². The van der Waals surface area contributed by atoms with Gasteiger partial charge in [0.25, 0.3) is 0 Å². The standard InChI is InChI=1S/C7H8N4O/c1-11-7-6(9-10-11)2-5(4-12)3-8-7/h2-3,12H,4H2,1H3. The summed E-state index contributed by atoms with van der Waals surface area (Å²) >= 11 is 0. The number of pyridine rings is 1.